The zero-order valence-corrected chi connectivity index (χ0v) is 14.6. The summed E-state index contributed by atoms with van der Waals surface area (Å²) in [6.07, 6.45) is 0.680. The third-order valence-corrected chi connectivity index (χ3v) is 3.09. The zero-order valence-electron chi connectivity index (χ0n) is 13.7. The van der Waals surface area contributed by atoms with Gasteiger partial charge in [0.05, 0.1) is 24.4 Å². The second-order valence-electron chi connectivity index (χ2n) is 5.46. The molecule has 2 unspecified atom stereocenters. The van der Waals surface area contributed by atoms with E-state index in [1.165, 1.54) is 0 Å². The fraction of sp³-hybridized carbons (Fsp3) is 0.800. The summed E-state index contributed by atoms with van der Waals surface area (Å²) in [6, 6.07) is 0. The Labute approximate surface area is 137 Å². The van der Waals surface area contributed by atoms with Gasteiger partial charge in [0.2, 0.25) is 0 Å². The number of rotatable bonds is 10. The Balaban J connectivity index is 4.00. The van der Waals surface area contributed by atoms with Crippen molar-refractivity contribution in [3.05, 3.63) is 0 Å². The minimum atomic E-state index is -0.574. The second kappa shape index (κ2) is 11.3. The molecule has 0 amide bonds. The Bertz CT molecular complexity index is 369. The molecule has 0 radical (unpaired) electrons. The molecule has 0 bridgehead atoms. The molecule has 0 aliphatic carbocycles. The summed E-state index contributed by atoms with van der Waals surface area (Å²) in [6.45, 7) is 6.88. The summed E-state index contributed by atoms with van der Waals surface area (Å²) >= 11 is 4.02. The van der Waals surface area contributed by atoms with Crippen LogP contribution in [0.25, 0.3) is 0 Å². The van der Waals surface area contributed by atoms with Gasteiger partial charge < -0.3 is 14.2 Å². The monoisotopic (exact) mass is 334 g/mol. The molecular formula is C15H26O6S. The molecule has 6 nitrogen and oxygen atoms in total. The minimum Gasteiger partial charge on any atom is -0.465 e. The molecule has 0 saturated carbocycles. The minimum absolute atomic E-state index is 0.0311. The van der Waals surface area contributed by atoms with Crippen LogP contribution in [0.1, 0.15) is 34.1 Å². The van der Waals surface area contributed by atoms with E-state index in [9.17, 15) is 14.4 Å². The molecule has 7 heteroatoms. The van der Waals surface area contributed by atoms with Crippen LogP contribution in [0.4, 0.5) is 0 Å². The Kier molecular flexibility index (Phi) is 10.7. The van der Waals surface area contributed by atoms with Crippen molar-refractivity contribution in [2.45, 2.75) is 34.1 Å². The van der Waals surface area contributed by atoms with Gasteiger partial charge in [0.15, 0.2) is 0 Å². The van der Waals surface area contributed by atoms with Crippen LogP contribution >= 0.6 is 12.6 Å². The molecule has 0 aliphatic heterocycles. The molecule has 128 valence electrons. The van der Waals surface area contributed by atoms with E-state index in [1.54, 1.807) is 27.7 Å². The second-order valence-corrected chi connectivity index (χ2v) is 5.91. The van der Waals surface area contributed by atoms with Crippen LogP contribution in [-0.2, 0) is 28.6 Å². The molecule has 0 aromatic rings. The molecule has 0 rings (SSSR count). The van der Waals surface area contributed by atoms with Crippen LogP contribution < -0.4 is 0 Å². The first-order valence-corrected chi connectivity index (χ1v) is 8.03. The Morgan fingerprint density at radius 3 is 1.73 bits per heavy atom. The van der Waals surface area contributed by atoms with Crippen molar-refractivity contribution < 1.29 is 28.6 Å². The summed E-state index contributed by atoms with van der Waals surface area (Å²) in [4.78, 5) is 34.6. The van der Waals surface area contributed by atoms with Gasteiger partial charge in [0.1, 0.15) is 13.2 Å². The highest BCUT2D eigenvalue weighted by atomic mass is 32.1. The van der Waals surface area contributed by atoms with E-state index in [0.29, 0.717) is 18.8 Å². The van der Waals surface area contributed by atoms with Gasteiger partial charge in [-0.15, -0.1) is 0 Å². The van der Waals surface area contributed by atoms with Crippen LogP contribution in [0.2, 0.25) is 0 Å². The number of thiol groups is 1. The van der Waals surface area contributed by atoms with E-state index in [4.69, 9.17) is 14.2 Å². The summed E-state index contributed by atoms with van der Waals surface area (Å²) < 4.78 is 15.0. The van der Waals surface area contributed by atoms with Gasteiger partial charge in [-0.05, 0) is 26.0 Å². The lowest BCUT2D eigenvalue weighted by Gasteiger charge is -2.15. The van der Waals surface area contributed by atoms with Crippen molar-refractivity contribution in [1.82, 2.24) is 0 Å². The van der Waals surface area contributed by atoms with E-state index < -0.39 is 23.8 Å². The van der Waals surface area contributed by atoms with Crippen molar-refractivity contribution >= 4 is 30.5 Å². The Morgan fingerprint density at radius 2 is 1.27 bits per heavy atom. The quantitative estimate of drug-likeness (QED) is 0.284. The van der Waals surface area contributed by atoms with Gasteiger partial charge in [-0.1, -0.05) is 13.8 Å². The van der Waals surface area contributed by atoms with E-state index in [1.807, 2.05) is 0 Å². The molecule has 0 fully saturated rings. The number of hydrogen-bond donors (Lipinski definition) is 1. The van der Waals surface area contributed by atoms with Crippen LogP contribution in [0.5, 0.6) is 0 Å². The van der Waals surface area contributed by atoms with Gasteiger partial charge in [0.25, 0.3) is 0 Å². The summed E-state index contributed by atoms with van der Waals surface area (Å²) in [7, 11) is 0. The van der Waals surface area contributed by atoms with Crippen LogP contribution in [0, 0.1) is 17.8 Å². The largest absolute Gasteiger partial charge is 0.465 e. The molecular weight excluding hydrogens is 308 g/mol. The number of ether oxygens (including phenoxy) is 3. The highest BCUT2D eigenvalue weighted by molar-refractivity contribution is 7.80. The van der Waals surface area contributed by atoms with Crippen molar-refractivity contribution in [3.63, 3.8) is 0 Å². The predicted octanol–water partition coefficient (Wildman–Crippen LogP) is 1.86. The smallest absolute Gasteiger partial charge is 0.312 e. The van der Waals surface area contributed by atoms with Crippen LogP contribution in [0.3, 0.4) is 0 Å². The average Bonchev–Trinajstić information content (AvgIpc) is 2.49. The van der Waals surface area contributed by atoms with Crippen LogP contribution in [-0.4, -0.2) is 43.5 Å². The first-order valence-electron chi connectivity index (χ1n) is 7.40. The molecule has 2 atom stereocenters. The lowest BCUT2D eigenvalue weighted by molar-refractivity contribution is -0.159. The lowest BCUT2D eigenvalue weighted by Crippen LogP contribution is -2.27. The van der Waals surface area contributed by atoms with E-state index in [-0.39, 0.29) is 25.1 Å². The normalized spacial score (nSPS) is 13.4. The highest BCUT2D eigenvalue weighted by Crippen LogP contribution is 2.06. The molecule has 0 aromatic heterocycles. The average molecular weight is 334 g/mol. The molecule has 0 saturated heterocycles. The molecule has 0 spiro atoms. The molecule has 0 N–H and O–H groups in total. The third kappa shape index (κ3) is 8.92. The first kappa shape index (κ1) is 20.8. The SMILES string of the molecule is CC(C)C(=O)OCC(C)C(=O)OCC(C)C(=O)OCCCS. The van der Waals surface area contributed by atoms with Gasteiger partial charge in [0, 0.05) is 0 Å². The number of hydrogen-bond acceptors (Lipinski definition) is 7. The Hall–Kier alpha value is -1.24. The van der Waals surface area contributed by atoms with Gasteiger partial charge in [-0.25, -0.2) is 0 Å². The molecule has 22 heavy (non-hydrogen) atoms. The molecule has 0 heterocycles. The maximum absolute atomic E-state index is 11.7. The van der Waals surface area contributed by atoms with Gasteiger partial charge >= 0.3 is 17.9 Å². The van der Waals surface area contributed by atoms with Crippen molar-refractivity contribution in [2.24, 2.45) is 17.8 Å². The van der Waals surface area contributed by atoms with E-state index in [0.717, 1.165) is 0 Å². The zero-order chi connectivity index (χ0) is 17.1. The Morgan fingerprint density at radius 1 is 0.818 bits per heavy atom. The van der Waals surface area contributed by atoms with Crippen molar-refractivity contribution in [2.75, 3.05) is 25.6 Å². The first-order chi connectivity index (χ1) is 10.3. The maximum Gasteiger partial charge on any atom is 0.312 e. The van der Waals surface area contributed by atoms with Gasteiger partial charge in [-0.3, -0.25) is 14.4 Å². The van der Waals surface area contributed by atoms with Gasteiger partial charge in [-0.2, -0.15) is 12.6 Å². The van der Waals surface area contributed by atoms with Crippen molar-refractivity contribution in [3.8, 4) is 0 Å². The predicted molar refractivity (Wildman–Crippen MR) is 84.5 cm³/mol. The van der Waals surface area contributed by atoms with E-state index >= 15 is 0 Å². The lowest BCUT2D eigenvalue weighted by atomic mass is 10.2. The summed E-state index contributed by atoms with van der Waals surface area (Å²) in [5.74, 6) is -1.98. The number of carbonyl (C=O) groups is 3. The third-order valence-electron chi connectivity index (χ3n) is 2.77. The highest BCUT2D eigenvalue weighted by Gasteiger charge is 2.21. The number of carbonyl (C=O) groups excluding carboxylic acids is 3. The standard InChI is InChI=1S/C15H26O6S/c1-10(2)13(16)20-8-12(4)15(18)21-9-11(3)14(17)19-6-5-7-22/h10-12,22H,5-9H2,1-4H3. The fourth-order valence-corrected chi connectivity index (χ4v) is 1.37. The molecule has 0 aromatic carbocycles. The maximum atomic E-state index is 11.7. The fourth-order valence-electron chi connectivity index (χ4n) is 1.24. The topological polar surface area (TPSA) is 78.9 Å². The number of esters is 3. The van der Waals surface area contributed by atoms with E-state index in [2.05, 4.69) is 12.6 Å². The van der Waals surface area contributed by atoms with Crippen molar-refractivity contribution in [1.29, 1.82) is 0 Å². The summed E-state index contributed by atoms with van der Waals surface area (Å²) in [5, 5.41) is 0. The summed E-state index contributed by atoms with van der Waals surface area (Å²) in [5.41, 5.74) is 0. The van der Waals surface area contributed by atoms with Crippen LogP contribution in [0.15, 0.2) is 0 Å². The molecule has 0 aliphatic rings.